The largest absolute Gasteiger partial charge is 0.496 e. The van der Waals surface area contributed by atoms with Gasteiger partial charge in [-0.3, -0.25) is 0 Å². The molecule has 1 unspecified atom stereocenters. The molecule has 0 radical (unpaired) electrons. The van der Waals surface area contributed by atoms with E-state index in [-0.39, 0.29) is 0 Å². The molecule has 0 saturated heterocycles. The fraction of sp³-hybridized carbons (Fsp3) is 0.174. The van der Waals surface area contributed by atoms with E-state index in [9.17, 15) is 0 Å². The van der Waals surface area contributed by atoms with Crippen LogP contribution in [0.5, 0.6) is 11.5 Å². The van der Waals surface area contributed by atoms with Crippen LogP contribution in [0, 0.1) is 6.92 Å². The predicted octanol–water partition coefficient (Wildman–Crippen LogP) is 4.66. The van der Waals surface area contributed by atoms with Crippen LogP contribution in [0.3, 0.4) is 0 Å². The Balaban J connectivity index is 1.67. The van der Waals surface area contributed by atoms with Gasteiger partial charge < -0.3 is 9.47 Å². The second-order valence-electron chi connectivity index (χ2n) is 6.52. The molecule has 0 amide bonds. The number of aryl methyl sites for hydroxylation is 1. The van der Waals surface area contributed by atoms with Crippen LogP contribution in [0.2, 0.25) is 0 Å². The van der Waals surface area contributed by atoms with Crippen molar-refractivity contribution in [2.75, 3.05) is 14.2 Å². The standard InChI is InChI=1S/C23H22N2O3/c1-15-8-4-5-9-17(15)18-13-12-16(14-21(18)27-3)23-24-22(25-28-23)19-10-6-7-11-20(19)26-2/h4-14,23H,1-3H3,(H,24,25). The summed E-state index contributed by atoms with van der Waals surface area (Å²) in [4.78, 5) is 10.4. The van der Waals surface area contributed by atoms with Crippen molar-refractivity contribution in [3.05, 3.63) is 83.4 Å². The van der Waals surface area contributed by atoms with Crippen molar-refractivity contribution < 1.29 is 14.3 Å². The SMILES string of the molecule is COc1ccccc1C1=NC(c2ccc(-c3ccccc3C)c(OC)c2)ON1. The van der Waals surface area contributed by atoms with Gasteiger partial charge in [-0.1, -0.05) is 48.5 Å². The minimum absolute atomic E-state index is 0.459. The molecule has 5 heteroatoms. The van der Waals surface area contributed by atoms with Crippen molar-refractivity contribution in [2.24, 2.45) is 4.99 Å². The number of rotatable bonds is 5. The zero-order chi connectivity index (χ0) is 19.5. The van der Waals surface area contributed by atoms with E-state index in [4.69, 9.17) is 14.3 Å². The number of nitrogens with zero attached hydrogens (tertiary/aromatic N) is 1. The van der Waals surface area contributed by atoms with Crippen LogP contribution < -0.4 is 15.0 Å². The van der Waals surface area contributed by atoms with Gasteiger partial charge in [0.15, 0.2) is 5.84 Å². The summed E-state index contributed by atoms with van der Waals surface area (Å²) in [6.45, 7) is 2.09. The number of amidine groups is 1. The summed E-state index contributed by atoms with van der Waals surface area (Å²) in [6, 6.07) is 22.0. The molecule has 1 aliphatic heterocycles. The van der Waals surface area contributed by atoms with Gasteiger partial charge in [0.1, 0.15) is 11.5 Å². The number of hydroxylamine groups is 1. The summed E-state index contributed by atoms with van der Waals surface area (Å²) in [5, 5.41) is 0. The first-order chi connectivity index (χ1) is 13.7. The highest BCUT2D eigenvalue weighted by Gasteiger charge is 2.24. The molecule has 1 N–H and O–H groups in total. The number of hydrogen-bond donors (Lipinski definition) is 1. The summed E-state index contributed by atoms with van der Waals surface area (Å²) < 4.78 is 11.1. The lowest BCUT2D eigenvalue weighted by Gasteiger charge is -2.14. The first kappa shape index (κ1) is 18.1. The monoisotopic (exact) mass is 374 g/mol. The third-order valence-corrected chi connectivity index (χ3v) is 4.82. The minimum Gasteiger partial charge on any atom is -0.496 e. The topological polar surface area (TPSA) is 52.1 Å². The highest BCUT2D eigenvalue weighted by Crippen LogP contribution is 2.36. The van der Waals surface area contributed by atoms with Gasteiger partial charge in [0.25, 0.3) is 0 Å². The van der Waals surface area contributed by atoms with Crippen LogP contribution in [0.15, 0.2) is 71.7 Å². The molecule has 3 aromatic rings. The molecule has 0 bridgehead atoms. The number of methoxy groups -OCH3 is 2. The van der Waals surface area contributed by atoms with Gasteiger partial charge in [0.2, 0.25) is 6.23 Å². The fourth-order valence-corrected chi connectivity index (χ4v) is 3.35. The van der Waals surface area contributed by atoms with Crippen molar-refractivity contribution in [1.82, 2.24) is 5.48 Å². The predicted molar refractivity (Wildman–Crippen MR) is 110 cm³/mol. The Morgan fingerprint density at radius 1 is 0.821 bits per heavy atom. The van der Waals surface area contributed by atoms with E-state index >= 15 is 0 Å². The molecule has 1 aliphatic rings. The Morgan fingerprint density at radius 3 is 2.29 bits per heavy atom. The highest BCUT2D eigenvalue weighted by molar-refractivity contribution is 6.01. The van der Waals surface area contributed by atoms with Gasteiger partial charge in [0, 0.05) is 11.1 Å². The van der Waals surface area contributed by atoms with Crippen molar-refractivity contribution in [3.63, 3.8) is 0 Å². The molecule has 4 rings (SSSR count). The van der Waals surface area contributed by atoms with Gasteiger partial charge in [-0.25, -0.2) is 15.3 Å². The molecule has 0 aromatic heterocycles. The average Bonchev–Trinajstić information content (AvgIpc) is 3.24. The molecule has 142 valence electrons. The third-order valence-electron chi connectivity index (χ3n) is 4.82. The van der Waals surface area contributed by atoms with Gasteiger partial charge in [-0.2, -0.15) is 0 Å². The number of benzene rings is 3. The maximum absolute atomic E-state index is 5.71. The van der Waals surface area contributed by atoms with E-state index in [1.54, 1.807) is 14.2 Å². The molecule has 1 heterocycles. The number of aliphatic imine (C=N–C) groups is 1. The summed E-state index contributed by atoms with van der Waals surface area (Å²) in [5.41, 5.74) is 8.08. The lowest BCUT2D eigenvalue weighted by atomic mass is 9.98. The molecule has 1 atom stereocenters. The minimum atomic E-state index is -0.459. The maximum Gasteiger partial charge on any atom is 0.202 e. The summed E-state index contributed by atoms with van der Waals surface area (Å²) in [7, 11) is 3.32. The van der Waals surface area contributed by atoms with E-state index in [0.29, 0.717) is 5.84 Å². The molecule has 0 aliphatic carbocycles. The molecule has 28 heavy (non-hydrogen) atoms. The molecule has 5 nitrogen and oxygen atoms in total. The summed E-state index contributed by atoms with van der Waals surface area (Å²) >= 11 is 0. The second-order valence-corrected chi connectivity index (χ2v) is 6.52. The normalized spacial score (nSPS) is 15.7. The van der Waals surface area contributed by atoms with Gasteiger partial charge in [-0.05, 0) is 36.2 Å². The van der Waals surface area contributed by atoms with Crippen molar-refractivity contribution in [1.29, 1.82) is 0 Å². The number of ether oxygens (including phenoxy) is 2. The maximum atomic E-state index is 5.71. The zero-order valence-electron chi connectivity index (χ0n) is 16.1. The van der Waals surface area contributed by atoms with Gasteiger partial charge >= 0.3 is 0 Å². The van der Waals surface area contributed by atoms with Crippen LogP contribution >= 0.6 is 0 Å². The van der Waals surface area contributed by atoms with Crippen molar-refractivity contribution >= 4 is 5.84 Å². The molecular weight excluding hydrogens is 352 g/mol. The summed E-state index contributed by atoms with van der Waals surface area (Å²) in [5.74, 6) is 2.17. The first-order valence-electron chi connectivity index (χ1n) is 9.08. The van der Waals surface area contributed by atoms with Crippen LogP contribution in [-0.2, 0) is 4.84 Å². The molecule has 3 aromatic carbocycles. The smallest absolute Gasteiger partial charge is 0.202 e. The van der Waals surface area contributed by atoms with Crippen LogP contribution in [0.1, 0.15) is 22.9 Å². The lowest BCUT2D eigenvalue weighted by molar-refractivity contribution is 0.0375. The van der Waals surface area contributed by atoms with E-state index in [1.165, 1.54) is 5.56 Å². The second kappa shape index (κ2) is 7.74. The number of para-hydroxylation sites is 1. The van der Waals surface area contributed by atoms with E-state index in [1.807, 2.05) is 48.5 Å². The van der Waals surface area contributed by atoms with Crippen LogP contribution in [-0.4, -0.2) is 20.1 Å². The third kappa shape index (κ3) is 3.32. The molecule has 0 saturated carbocycles. The van der Waals surface area contributed by atoms with Crippen LogP contribution in [0.25, 0.3) is 11.1 Å². The Hall–Kier alpha value is -3.31. The number of nitrogens with one attached hydrogen (secondary N) is 1. The lowest BCUT2D eigenvalue weighted by Crippen LogP contribution is -2.18. The van der Waals surface area contributed by atoms with E-state index in [0.717, 1.165) is 33.8 Å². The first-order valence-corrected chi connectivity index (χ1v) is 9.08. The van der Waals surface area contributed by atoms with Crippen molar-refractivity contribution in [3.8, 4) is 22.6 Å². The average molecular weight is 374 g/mol. The highest BCUT2D eigenvalue weighted by atomic mass is 16.7. The zero-order valence-corrected chi connectivity index (χ0v) is 16.1. The van der Waals surface area contributed by atoms with Crippen LogP contribution in [0.4, 0.5) is 0 Å². The van der Waals surface area contributed by atoms with Crippen molar-refractivity contribution in [2.45, 2.75) is 13.2 Å². The molecule has 0 spiro atoms. The Bertz CT molecular complexity index is 1030. The Morgan fingerprint density at radius 2 is 1.54 bits per heavy atom. The van der Waals surface area contributed by atoms with Gasteiger partial charge in [-0.15, -0.1) is 0 Å². The quantitative estimate of drug-likeness (QED) is 0.706. The number of hydrogen-bond acceptors (Lipinski definition) is 5. The fourth-order valence-electron chi connectivity index (χ4n) is 3.35. The van der Waals surface area contributed by atoms with Gasteiger partial charge in [0.05, 0.1) is 19.8 Å². The van der Waals surface area contributed by atoms with E-state index in [2.05, 4.69) is 35.6 Å². The Kier molecular flexibility index (Phi) is 5.00. The summed E-state index contributed by atoms with van der Waals surface area (Å²) in [6.07, 6.45) is -0.459. The molecular formula is C23H22N2O3. The van der Waals surface area contributed by atoms with E-state index < -0.39 is 6.23 Å². The molecule has 0 fully saturated rings. The Labute approximate surface area is 164 Å².